The van der Waals surface area contributed by atoms with Crippen LogP contribution in [0.5, 0.6) is 0 Å². The smallest absolute Gasteiger partial charge is 0.445 e. The van der Waals surface area contributed by atoms with Gasteiger partial charge in [0.1, 0.15) is 5.82 Å². The molecule has 1 rings (SSSR count). The van der Waals surface area contributed by atoms with Gasteiger partial charge in [0.25, 0.3) is 0 Å². The van der Waals surface area contributed by atoms with Crippen LogP contribution in [0.15, 0.2) is 12.1 Å². The summed E-state index contributed by atoms with van der Waals surface area (Å²) in [6, 6.07) is 1.38. The summed E-state index contributed by atoms with van der Waals surface area (Å²) >= 11 is 5.38. The molecule has 0 bridgehead atoms. The second kappa shape index (κ2) is 5.32. The molecule has 1 aromatic rings. The fourth-order valence-electron chi connectivity index (χ4n) is 0.990. The molecule has 14 heavy (non-hydrogen) atoms. The summed E-state index contributed by atoms with van der Waals surface area (Å²) in [5, 5.41) is -0.422. The minimum atomic E-state index is -5.24. The second-order valence-corrected chi connectivity index (χ2v) is 3.08. The third-order valence-corrected chi connectivity index (χ3v) is 2.12. The molecule has 0 fully saturated rings. The van der Waals surface area contributed by atoms with Gasteiger partial charge in [0, 0.05) is 5.02 Å². The first-order valence-electron chi connectivity index (χ1n) is 3.48. The van der Waals surface area contributed by atoms with Gasteiger partial charge >= 0.3 is 58.4 Å². The van der Waals surface area contributed by atoms with Crippen LogP contribution >= 0.6 is 11.6 Å². The number of halogens is 5. The number of benzene rings is 1. The second-order valence-electron chi connectivity index (χ2n) is 2.70. The Labute approximate surface area is 126 Å². The number of hydrogen-bond acceptors (Lipinski definition) is 0. The first-order valence-corrected chi connectivity index (χ1v) is 3.85. The molecule has 0 atom stereocenters. The van der Waals surface area contributed by atoms with Crippen LogP contribution < -0.4 is 56.8 Å². The summed E-state index contributed by atoms with van der Waals surface area (Å²) in [5.41, 5.74) is -0.977. The van der Waals surface area contributed by atoms with E-state index < -0.39 is 23.3 Å². The van der Waals surface area contributed by atoms with E-state index in [1.54, 1.807) is 0 Å². The summed E-state index contributed by atoms with van der Waals surface area (Å²) in [5.74, 6) is -0.920. The minimum Gasteiger partial charge on any atom is -0.445 e. The van der Waals surface area contributed by atoms with Gasteiger partial charge < -0.3 is 12.9 Å². The molecule has 0 nitrogen and oxygen atoms in total. The molecule has 0 radical (unpaired) electrons. The van der Waals surface area contributed by atoms with Gasteiger partial charge in [-0.3, -0.25) is 0 Å². The Morgan fingerprint density at radius 2 is 1.71 bits per heavy atom. The van der Waals surface area contributed by atoms with Crippen molar-refractivity contribution in [3.8, 4) is 0 Å². The molecule has 0 aliphatic carbocycles. The van der Waals surface area contributed by atoms with Gasteiger partial charge in [-0.2, -0.15) is 0 Å². The fraction of sp³-hybridized carbons (Fsp3) is 0.143. The van der Waals surface area contributed by atoms with Crippen LogP contribution in [-0.2, 0) is 0 Å². The van der Waals surface area contributed by atoms with Crippen LogP contribution in [0.25, 0.3) is 0 Å². The van der Waals surface area contributed by atoms with Crippen molar-refractivity contribution in [2.24, 2.45) is 0 Å². The maximum Gasteiger partial charge on any atom is 1.00 e. The Bertz CT molecular complexity index is 339. The molecule has 0 N–H and O–H groups in total. The van der Waals surface area contributed by atoms with Crippen LogP contribution in [0.3, 0.4) is 0 Å². The van der Waals surface area contributed by atoms with E-state index in [9.17, 15) is 17.3 Å². The predicted molar refractivity (Wildman–Crippen MR) is 44.9 cm³/mol. The van der Waals surface area contributed by atoms with E-state index in [1.165, 1.54) is 6.92 Å². The third kappa shape index (κ3) is 3.50. The molecule has 0 saturated heterocycles. The molecule has 0 aliphatic heterocycles. The molecule has 1 aromatic carbocycles. The van der Waals surface area contributed by atoms with Crippen LogP contribution in [0.1, 0.15) is 5.56 Å². The van der Waals surface area contributed by atoms with Crippen molar-refractivity contribution in [3.63, 3.8) is 0 Å². The van der Waals surface area contributed by atoms with Gasteiger partial charge in [0.05, 0.1) is 0 Å². The average molecular weight is 250 g/mol. The van der Waals surface area contributed by atoms with Crippen molar-refractivity contribution in [2.75, 3.05) is 0 Å². The SMILES string of the molecule is Cc1cc(F)cc([B-](F)(F)F)c1Cl.[K+]. The third-order valence-electron chi connectivity index (χ3n) is 1.60. The summed E-state index contributed by atoms with van der Waals surface area (Å²) in [7, 11) is 0. The van der Waals surface area contributed by atoms with E-state index in [0.29, 0.717) is 6.07 Å². The normalized spacial score (nSPS) is 11.0. The molecule has 0 spiro atoms. The first kappa shape index (κ1) is 14.9. The van der Waals surface area contributed by atoms with Gasteiger partial charge in [-0.15, -0.1) is 0 Å². The fourth-order valence-corrected chi connectivity index (χ4v) is 1.22. The van der Waals surface area contributed by atoms with Crippen molar-refractivity contribution >= 4 is 24.0 Å². The Hall–Kier alpha value is 0.931. The quantitative estimate of drug-likeness (QED) is 0.480. The molecule has 7 heteroatoms. The predicted octanol–water partition coefficient (Wildman–Crippen LogP) is -0.154. The molecule has 0 aliphatic rings. The van der Waals surface area contributed by atoms with E-state index in [-0.39, 0.29) is 56.9 Å². The Morgan fingerprint density at radius 1 is 1.21 bits per heavy atom. The van der Waals surface area contributed by atoms with Crippen molar-refractivity contribution in [3.05, 3.63) is 28.5 Å². The van der Waals surface area contributed by atoms with Crippen molar-refractivity contribution in [2.45, 2.75) is 6.92 Å². The standard InChI is InChI=1S/C7H5BClF4.K/c1-4-2-5(10)3-6(7(4)9)8(11,12)13;/h2-3H,1H3;/q-1;+1. The zero-order valence-electron chi connectivity index (χ0n) is 7.62. The molecule has 0 unspecified atom stereocenters. The summed E-state index contributed by atoms with van der Waals surface area (Å²) < 4.78 is 49.2. The summed E-state index contributed by atoms with van der Waals surface area (Å²) in [6.07, 6.45) is 0. The van der Waals surface area contributed by atoms with Crippen molar-refractivity contribution in [1.29, 1.82) is 0 Å². The monoisotopic (exact) mass is 250 g/mol. The number of hydrogen-bond donors (Lipinski definition) is 0. The van der Waals surface area contributed by atoms with Crippen LogP contribution in [0, 0.1) is 12.7 Å². The van der Waals surface area contributed by atoms with E-state index >= 15 is 0 Å². The minimum absolute atomic E-state index is 0. The van der Waals surface area contributed by atoms with E-state index in [1.807, 2.05) is 0 Å². The van der Waals surface area contributed by atoms with Crippen molar-refractivity contribution < 1.29 is 68.7 Å². The maximum absolute atomic E-state index is 12.6. The van der Waals surface area contributed by atoms with E-state index in [4.69, 9.17) is 11.6 Å². The molecule has 0 saturated carbocycles. The Morgan fingerprint density at radius 3 is 2.14 bits per heavy atom. The Kier molecular flexibility index (Phi) is 5.67. The maximum atomic E-state index is 12.6. The molecule has 0 aromatic heterocycles. The molecular weight excluding hydrogens is 245 g/mol. The first-order chi connectivity index (χ1) is 5.82. The van der Waals surface area contributed by atoms with Crippen molar-refractivity contribution in [1.82, 2.24) is 0 Å². The zero-order chi connectivity index (χ0) is 10.2. The number of rotatable bonds is 1. The molecule has 0 heterocycles. The van der Waals surface area contributed by atoms with Crippen LogP contribution in [0.4, 0.5) is 17.3 Å². The van der Waals surface area contributed by atoms with E-state index in [2.05, 4.69) is 0 Å². The largest absolute Gasteiger partial charge is 1.00 e. The van der Waals surface area contributed by atoms with Crippen LogP contribution in [-0.4, -0.2) is 6.98 Å². The topological polar surface area (TPSA) is 0 Å². The van der Waals surface area contributed by atoms with E-state index in [0.717, 1.165) is 6.07 Å². The zero-order valence-corrected chi connectivity index (χ0v) is 11.5. The van der Waals surface area contributed by atoms with Gasteiger partial charge in [0.2, 0.25) is 0 Å². The van der Waals surface area contributed by atoms with Crippen LogP contribution in [0.2, 0.25) is 5.02 Å². The van der Waals surface area contributed by atoms with Gasteiger partial charge in [-0.1, -0.05) is 23.1 Å². The molecule has 72 valence electrons. The average Bonchev–Trinajstić information content (AvgIpc) is 1.94. The number of aryl methyl sites for hydroxylation is 1. The van der Waals surface area contributed by atoms with Gasteiger partial charge in [-0.05, 0) is 18.6 Å². The van der Waals surface area contributed by atoms with Gasteiger partial charge in [0.15, 0.2) is 0 Å². The summed E-state index contributed by atoms with van der Waals surface area (Å²) in [4.78, 5) is 0. The molecular formula is C7H5BClF4K. The summed E-state index contributed by atoms with van der Waals surface area (Å²) in [6.45, 7) is -3.91. The van der Waals surface area contributed by atoms with Gasteiger partial charge in [-0.25, -0.2) is 4.39 Å². The molecule has 0 amide bonds. The Balaban J connectivity index is 0.00000169.